The predicted octanol–water partition coefficient (Wildman–Crippen LogP) is -0.0105. The van der Waals surface area contributed by atoms with Crippen LogP contribution >= 0.6 is 11.3 Å². The Labute approximate surface area is 71.3 Å². The van der Waals surface area contributed by atoms with Gasteiger partial charge in [-0.05, 0) is 0 Å². The van der Waals surface area contributed by atoms with Crippen molar-refractivity contribution < 1.29 is 9.83 Å². The van der Waals surface area contributed by atoms with Crippen LogP contribution in [0.25, 0.3) is 0 Å². The Morgan fingerprint density at radius 2 is 2.42 bits per heavy atom. The summed E-state index contributed by atoms with van der Waals surface area (Å²) in [5.41, 5.74) is 7.26. The van der Waals surface area contributed by atoms with E-state index in [1.807, 2.05) is 5.38 Å². The molecule has 8 heteroatoms. The number of thiazole rings is 1. The third-order valence-corrected chi connectivity index (χ3v) is 1.07. The van der Waals surface area contributed by atoms with E-state index < -0.39 is 11.1 Å². The van der Waals surface area contributed by atoms with E-state index in [-0.39, 0.29) is 0 Å². The first kappa shape index (κ1) is 10.3. The number of hydrogen-bond donors (Lipinski definition) is 2. The summed E-state index contributed by atoms with van der Waals surface area (Å²) in [6, 6.07) is -1.16. The van der Waals surface area contributed by atoms with Crippen molar-refractivity contribution in [1.82, 2.24) is 10.4 Å². The highest BCUT2D eigenvalue weighted by molar-refractivity contribution is 7.07. The molecule has 0 aromatic carbocycles. The van der Waals surface area contributed by atoms with Gasteiger partial charge < -0.3 is 5.73 Å². The molecule has 0 bridgehead atoms. The number of carbonyl (C=O) groups is 1. The zero-order chi connectivity index (χ0) is 9.40. The standard InChI is InChI=1S/C3H3NS.CH3N3O3/c1-2-5-3-4-1;2-1(5)3-4(6)7/h1-3H;(H3,2,3,5). The number of nitrogens with zero attached hydrogens (tertiary/aromatic N) is 2. The lowest BCUT2D eigenvalue weighted by molar-refractivity contribution is -0.527. The molecule has 1 rings (SSSR count). The first-order valence-electron chi connectivity index (χ1n) is 2.65. The van der Waals surface area contributed by atoms with Crippen molar-refractivity contribution >= 4 is 17.4 Å². The zero-order valence-electron chi connectivity index (χ0n) is 5.84. The lowest BCUT2D eigenvalue weighted by atomic mass is 11.0. The lowest BCUT2D eigenvalue weighted by Crippen LogP contribution is -2.33. The molecule has 1 heterocycles. The number of nitro groups is 1. The van der Waals surface area contributed by atoms with Crippen molar-refractivity contribution in [3.63, 3.8) is 0 Å². The molecule has 0 saturated carbocycles. The molecule has 3 N–H and O–H groups in total. The van der Waals surface area contributed by atoms with Gasteiger partial charge in [-0.2, -0.15) is 0 Å². The maximum atomic E-state index is 9.48. The van der Waals surface area contributed by atoms with E-state index in [4.69, 9.17) is 0 Å². The van der Waals surface area contributed by atoms with Gasteiger partial charge in [-0.1, -0.05) is 5.43 Å². The Kier molecular flexibility index (Phi) is 5.18. The van der Waals surface area contributed by atoms with Gasteiger partial charge in [-0.3, -0.25) is 4.98 Å². The molecule has 0 aliphatic rings. The average molecular weight is 190 g/mol. The smallest absolute Gasteiger partial charge is 0.347 e. The van der Waals surface area contributed by atoms with E-state index in [0.717, 1.165) is 0 Å². The van der Waals surface area contributed by atoms with Crippen LogP contribution in [0, 0.1) is 10.1 Å². The van der Waals surface area contributed by atoms with Gasteiger partial charge in [0.15, 0.2) is 5.03 Å². The minimum absolute atomic E-state index is 1.03. The molecule has 0 fully saturated rings. The van der Waals surface area contributed by atoms with Crippen LogP contribution in [0.5, 0.6) is 0 Å². The molecule has 0 atom stereocenters. The molecule has 66 valence electrons. The van der Waals surface area contributed by atoms with Gasteiger partial charge in [-0.25, -0.2) is 14.9 Å². The summed E-state index contributed by atoms with van der Waals surface area (Å²) in [6.45, 7) is 0. The van der Waals surface area contributed by atoms with E-state index >= 15 is 0 Å². The number of nitrogens with one attached hydrogen (secondary N) is 1. The molecule has 0 saturated heterocycles. The number of primary amides is 1. The molecule has 1 aromatic heterocycles. The summed E-state index contributed by atoms with van der Waals surface area (Å²) < 4.78 is 0. The van der Waals surface area contributed by atoms with E-state index in [2.05, 4.69) is 10.7 Å². The third-order valence-electron chi connectivity index (χ3n) is 0.549. The van der Waals surface area contributed by atoms with Gasteiger partial charge in [-0.15, -0.1) is 11.3 Å². The molecule has 0 radical (unpaired) electrons. The number of hydrazine groups is 1. The van der Waals surface area contributed by atoms with Gasteiger partial charge >= 0.3 is 6.03 Å². The molecule has 0 aliphatic carbocycles. The average Bonchev–Trinajstić information content (AvgIpc) is 2.36. The molecule has 0 spiro atoms. The summed E-state index contributed by atoms with van der Waals surface area (Å²) in [5, 5.41) is 10.1. The Hall–Kier alpha value is -1.70. The summed E-state index contributed by atoms with van der Waals surface area (Å²) in [5.74, 6) is 0. The quantitative estimate of drug-likeness (QED) is 0.479. The SMILES string of the molecule is NC(=O)N[N+](=O)[O-].c1cscn1. The number of amides is 2. The second-order valence-corrected chi connectivity index (χ2v) is 2.16. The van der Waals surface area contributed by atoms with Gasteiger partial charge in [0.25, 0.3) is 0 Å². The van der Waals surface area contributed by atoms with Gasteiger partial charge in [0.1, 0.15) is 0 Å². The van der Waals surface area contributed by atoms with Crippen LogP contribution in [0.15, 0.2) is 17.1 Å². The minimum Gasteiger partial charge on any atom is -0.347 e. The summed E-state index contributed by atoms with van der Waals surface area (Å²) >= 11 is 1.60. The van der Waals surface area contributed by atoms with Gasteiger partial charge in [0.2, 0.25) is 0 Å². The number of carbonyl (C=O) groups excluding carboxylic acids is 1. The van der Waals surface area contributed by atoms with Gasteiger partial charge in [0, 0.05) is 11.6 Å². The second-order valence-electron chi connectivity index (χ2n) is 1.41. The van der Waals surface area contributed by atoms with Crippen LogP contribution in [0.2, 0.25) is 0 Å². The van der Waals surface area contributed by atoms with Crippen LogP contribution in [0.3, 0.4) is 0 Å². The fourth-order valence-corrected chi connectivity index (χ4v) is 0.617. The highest BCUT2D eigenvalue weighted by Crippen LogP contribution is 1.85. The maximum absolute atomic E-state index is 9.48. The van der Waals surface area contributed by atoms with Crippen molar-refractivity contribution in [1.29, 1.82) is 0 Å². The van der Waals surface area contributed by atoms with Crippen LogP contribution in [-0.2, 0) is 0 Å². The first-order valence-corrected chi connectivity index (χ1v) is 3.60. The van der Waals surface area contributed by atoms with E-state index in [1.165, 1.54) is 5.43 Å². The fraction of sp³-hybridized carbons (Fsp3) is 0. The molecule has 7 nitrogen and oxygen atoms in total. The highest BCUT2D eigenvalue weighted by atomic mass is 32.1. The highest BCUT2D eigenvalue weighted by Gasteiger charge is 1.95. The van der Waals surface area contributed by atoms with Crippen LogP contribution in [-0.4, -0.2) is 16.0 Å². The number of hydrogen-bond acceptors (Lipinski definition) is 5. The third kappa shape index (κ3) is 8.30. The fourth-order valence-electron chi connectivity index (χ4n) is 0.266. The van der Waals surface area contributed by atoms with Crippen LogP contribution < -0.4 is 11.2 Å². The first-order chi connectivity index (χ1) is 5.63. The molecule has 0 aliphatic heterocycles. The normalized spacial score (nSPS) is 7.67. The van der Waals surface area contributed by atoms with Crippen LogP contribution in [0.4, 0.5) is 4.79 Å². The van der Waals surface area contributed by atoms with Gasteiger partial charge in [0.05, 0.1) is 5.51 Å². The number of nitrogens with two attached hydrogens (primary N) is 1. The van der Waals surface area contributed by atoms with E-state index in [0.29, 0.717) is 0 Å². The Morgan fingerprint density at radius 3 is 2.50 bits per heavy atom. The summed E-state index contributed by atoms with van der Waals surface area (Å²) in [6.07, 6.45) is 1.77. The summed E-state index contributed by atoms with van der Waals surface area (Å²) in [4.78, 5) is 22.4. The summed E-state index contributed by atoms with van der Waals surface area (Å²) in [7, 11) is 0. The Bertz CT molecular complexity index is 207. The molecule has 12 heavy (non-hydrogen) atoms. The Morgan fingerprint density at radius 1 is 1.75 bits per heavy atom. The number of urea groups is 1. The van der Waals surface area contributed by atoms with Crippen molar-refractivity contribution in [2.24, 2.45) is 5.73 Å². The monoisotopic (exact) mass is 190 g/mol. The number of rotatable bonds is 1. The number of aromatic nitrogens is 1. The van der Waals surface area contributed by atoms with Crippen molar-refractivity contribution in [2.45, 2.75) is 0 Å². The lowest BCUT2D eigenvalue weighted by Gasteiger charge is -1.83. The largest absolute Gasteiger partial charge is 0.370 e. The molecule has 2 amide bonds. The van der Waals surface area contributed by atoms with Crippen molar-refractivity contribution in [3.05, 3.63) is 27.2 Å². The van der Waals surface area contributed by atoms with Crippen LogP contribution in [0.1, 0.15) is 0 Å². The topological polar surface area (TPSA) is 111 Å². The minimum atomic E-state index is -1.16. The molecular weight excluding hydrogens is 184 g/mol. The maximum Gasteiger partial charge on any atom is 0.370 e. The second kappa shape index (κ2) is 6.04. The van der Waals surface area contributed by atoms with E-state index in [1.54, 1.807) is 23.0 Å². The zero-order valence-corrected chi connectivity index (χ0v) is 6.65. The molecular formula is C4H6N4O3S. The van der Waals surface area contributed by atoms with Crippen molar-refractivity contribution in [2.75, 3.05) is 0 Å². The predicted molar refractivity (Wildman–Crippen MR) is 41.8 cm³/mol. The molecule has 1 aromatic rings. The molecule has 0 unspecified atom stereocenters. The van der Waals surface area contributed by atoms with E-state index in [9.17, 15) is 14.9 Å². The Balaban J connectivity index is 0.000000211. The van der Waals surface area contributed by atoms with Crippen molar-refractivity contribution in [3.8, 4) is 0 Å².